The van der Waals surface area contributed by atoms with Crippen LogP contribution in [0.3, 0.4) is 0 Å². The maximum absolute atomic E-state index is 12.1. The van der Waals surface area contributed by atoms with Crippen LogP contribution in [0.4, 0.5) is 0 Å². The van der Waals surface area contributed by atoms with Crippen molar-refractivity contribution in [3.8, 4) is 0 Å². The van der Waals surface area contributed by atoms with Gasteiger partial charge in [0.05, 0.1) is 29.1 Å². The van der Waals surface area contributed by atoms with Crippen molar-refractivity contribution in [2.75, 3.05) is 0 Å². The molecular weight excluding hydrogens is 300 g/mol. The first-order valence-corrected chi connectivity index (χ1v) is 8.10. The van der Waals surface area contributed by atoms with Crippen LogP contribution in [0.1, 0.15) is 40.0 Å². The van der Waals surface area contributed by atoms with Crippen LogP contribution >= 0.6 is 11.3 Å². The van der Waals surface area contributed by atoms with Gasteiger partial charge in [-0.1, -0.05) is 0 Å². The summed E-state index contributed by atoms with van der Waals surface area (Å²) in [4.78, 5) is 35.4. The molecule has 0 spiro atoms. The Kier molecular flexibility index (Phi) is 4.06. The Hall–Kier alpha value is -2.02. The summed E-state index contributed by atoms with van der Waals surface area (Å²) in [6.07, 6.45) is 3.49. The summed E-state index contributed by atoms with van der Waals surface area (Å²) in [5, 5.41) is 4.03. The van der Waals surface area contributed by atoms with Gasteiger partial charge in [-0.15, -0.1) is 11.3 Å². The lowest BCUT2D eigenvalue weighted by Gasteiger charge is -2.35. The molecule has 0 atom stereocenters. The Morgan fingerprint density at radius 2 is 2.23 bits per heavy atom. The second kappa shape index (κ2) is 6.00. The highest BCUT2D eigenvalue weighted by atomic mass is 32.1. The molecule has 2 aromatic rings. The van der Waals surface area contributed by atoms with Crippen LogP contribution in [-0.2, 0) is 11.2 Å². The third-order valence-electron chi connectivity index (χ3n) is 3.94. The van der Waals surface area contributed by atoms with Crippen LogP contribution in [0.15, 0.2) is 17.2 Å². The molecule has 2 aromatic heterocycles. The largest absolute Gasteiger partial charge is 0.353 e. The van der Waals surface area contributed by atoms with E-state index in [-0.39, 0.29) is 23.4 Å². The highest BCUT2D eigenvalue weighted by Crippen LogP contribution is 2.35. The number of carbonyl (C=O) groups excluding carboxylic acids is 1. The van der Waals surface area contributed by atoms with Gasteiger partial charge in [0.2, 0.25) is 5.91 Å². The van der Waals surface area contributed by atoms with Crippen molar-refractivity contribution in [3.63, 3.8) is 0 Å². The molecule has 0 unspecified atom stereocenters. The van der Waals surface area contributed by atoms with Gasteiger partial charge in [0, 0.05) is 22.9 Å². The number of aryl methyl sites for hydroxylation is 2. The second-order valence-electron chi connectivity index (χ2n) is 5.69. The lowest BCUT2D eigenvalue weighted by Crippen LogP contribution is -2.44. The molecule has 116 valence electrons. The van der Waals surface area contributed by atoms with Crippen LogP contribution in [0, 0.1) is 13.8 Å². The Bertz CT molecular complexity index is 746. The van der Waals surface area contributed by atoms with Gasteiger partial charge < -0.3 is 10.3 Å². The van der Waals surface area contributed by atoms with E-state index in [1.165, 1.54) is 12.4 Å². The summed E-state index contributed by atoms with van der Waals surface area (Å²) in [6.45, 7) is 3.88. The third-order valence-corrected chi connectivity index (χ3v) is 5.01. The highest BCUT2D eigenvalue weighted by Gasteiger charge is 2.32. The fourth-order valence-corrected chi connectivity index (χ4v) is 3.68. The maximum Gasteiger partial charge on any atom is 0.250 e. The number of carbonyl (C=O) groups is 1. The predicted molar refractivity (Wildman–Crippen MR) is 84.1 cm³/mol. The molecule has 2 heterocycles. The second-order valence-corrected chi connectivity index (χ2v) is 6.97. The fraction of sp³-hybridized carbons (Fsp3) is 0.467. The smallest absolute Gasteiger partial charge is 0.250 e. The van der Waals surface area contributed by atoms with Crippen LogP contribution < -0.4 is 10.9 Å². The number of thiazole rings is 1. The van der Waals surface area contributed by atoms with Crippen molar-refractivity contribution in [2.45, 2.75) is 45.1 Å². The van der Waals surface area contributed by atoms with Crippen molar-refractivity contribution in [1.29, 1.82) is 0 Å². The monoisotopic (exact) mass is 318 g/mol. The van der Waals surface area contributed by atoms with E-state index in [2.05, 4.69) is 20.3 Å². The Balaban J connectivity index is 1.50. The summed E-state index contributed by atoms with van der Waals surface area (Å²) >= 11 is 1.57. The van der Waals surface area contributed by atoms with Crippen LogP contribution in [0.5, 0.6) is 0 Å². The highest BCUT2D eigenvalue weighted by molar-refractivity contribution is 7.11. The number of amides is 1. The van der Waals surface area contributed by atoms with Crippen LogP contribution in [0.25, 0.3) is 0 Å². The third kappa shape index (κ3) is 3.24. The lowest BCUT2D eigenvalue weighted by molar-refractivity contribution is -0.121. The molecule has 22 heavy (non-hydrogen) atoms. The molecule has 1 aliphatic rings. The minimum atomic E-state index is -0.131. The molecule has 0 aromatic carbocycles. The van der Waals surface area contributed by atoms with Gasteiger partial charge >= 0.3 is 0 Å². The van der Waals surface area contributed by atoms with E-state index in [1.54, 1.807) is 11.3 Å². The molecule has 1 fully saturated rings. The van der Waals surface area contributed by atoms with Crippen molar-refractivity contribution >= 4 is 17.2 Å². The molecule has 0 aliphatic heterocycles. The molecule has 0 saturated heterocycles. The zero-order chi connectivity index (χ0) is 15.7. The average molecular weight is 318 g/mol. The predicted octanol–water partition coefficient (Wildman–Crippen LogP) is 1.45. The molecule has 2 N–H and O–H groups in total. The number of aromatic amines is 1. The molecule has 7 heteroatoms. The van der Waals surface area contributed by atoms with E-state index in [0.717, 1.165) is 34.1 Å². The molecule has 1 amide bonds. The van der Waals surface area contributed by atoms with E-state index in [9.17, 15) is 9.59 Å². The number of hydrogen-bond donors (Lipinski definition) is 2. The van der Waals surface area contributed by atoms with E-state index < -0.39 is 0 Å². The number of rotatable bonds is 4. The van der Waals surface area contributed by atoms with Crippen molar-refractivity contribution in [2.24, 2.45) is 0 Å². The normalized spacial score (nSPS) is 20.5. The van der Waals surface area contributed by atoms with Crippen LogP contribution in [-0.4, -0.2) is 26.9 Å². The molecule has 6 nitrogen and oxygen atoms in total. The van der Waals surface area contributed by atoms with Gasteiger partial charge in [0.25, 0.3) is 5.56 Å². The molecular formula is C15H18N4O2S. The van der Waals surface area contributed by atoms with E-state index in [4.69, 9.17) is 0 Å². The van der Waals surface area contributed by atoms with E-state index >= 15 is 0 Å². The molecule has 0 radical (unpaired) electrons. The number of aromatic nitrogens is 3. The van der Waals surface area contributed by atoms with E-state index in [0.29, 0.717) is 6.42 Å². The van der Waals surface area contributed by atoms with Crippen molar-refractivity contribution < 1.29 is 4.79 Å². The maximum atomic E-state index is 12.1. The zero-order valence-electron chi connectivity index (χ0n) is 12.5. The molecule has 1 aliphatic carbocycles. The fourth-order valence-electron chi connectivity index (χ4n) is 2.75. The quantitative estimate of drug-likeness (QED) is 0.893. The lowest BCUT2D eigenvalue weighted by atomic mass is 9.78. The molecule has 0 bridgehead atoms. The average Bonchev–Trinajstić information content (AvgIpc) is 2.71. The number of hydrogen-bond acceptors (Lipinski definition) is 5. The summed E-state index contributed by atoms with van der Waals surface area (Å²) in [5.41, 5.74) is 1.62. The number of nitrogens with one attached hydrogen (secondary N) is 2. The Morgan fingerprint density at radius 3 is 2.86 bits per heavy atom. The minimum Gasteiger partial charge on any atom is -0.353 e. The topological polar surface area (TPSA) is 87.7 Å². The van der Waals surface area contributed by atoms with Gasteiger partial charge in [-0.25, -0.2) is 9.97 Å². The van der Waals surface area contributed by atoms with E-state index in [1.807, 2.05) is 13.8 Å². The SMILES string of the molecule is Cc1nc(C)c(CC(=O)NC2CC(c3cc(=O)[nH]cn3)C2)s1. The van der Waals surface area contributed by atoms with Gasteiger partial charge in [-0.05, 0) is 26.7 Å². The number of nitrogens with zero attached hydrogens (tertiary/aromatic N) is 2. The molecule has 3 rings (SSSR count). The summed E-state index contributed by atoms with van der Waals surface area (Å²) in [6, 6.07) is 1.71. The summed E-state index contributed by atoms with van der Waals surface area (Å²) in [7, 11) is 0. The van der Waals surface area contributed by atoms with Gasteiger partial charge in [-0.3, -0.25) is 9.59 Å². The van der Waals surface area contributed by atoms with Gasteiger partial charge in [0.1, 0.15) is 0 Å². The minimum absolute atomic E-state index is 0.0362. The summed E-state index contributed by atoms with van der Waals surface area (Å²) in [5.74, 6) is 0.300. The number of H-pyrrole nitrogens is 1. The van der Waals surface area contributed by atoms with Crippen molar-refractivity contribution in [3.05, 3.63) is 44.0 Å². The van der Waals surface area contributed by atoms with Crippen molar-refractivity contribution in [1.82, 2.24) is 20.3 Å². The molecule has 1 saturated carbocycles. The van der Waals surface area contributed by atoms with Crippen LogP contribution in [0.2, 0.25) is 0 Å². The first-order valence-electron chi connectivity index (χ1n) is 7.28. The first-order chi connectivity index (χ1) is 10.5. The zero-order valence-corrected chi connectivity index (χ0v) is 13.4. The van der Waals surface area contributed by atoms with Gasteiger partial charge in [0.15, 0.2) is 0 Å². The Labute approximate surface area is 132 Å². The van der Waals surface area contributed by atoms with Gasteiger partial charge in [-0.2, -0.15) is 0 Å². The first kappa shape index (κ1) is 14.9. The standard InChI is InChI=1S/C15H18N4O2S/c1-8-13(22-9(2)18-8)6-15(21)19-11-3-10(4-11)12-5-14(20)17-7-16-12/h5,7,10-11H,3-4,6H2,1-2H3,(H,19,21)(H,16,17,20). The summed E-state index contributed by atoms with van der Waals surface area (Å²) < 4.78 is 0. The Morgan fingerprint density at radius 1 is 1.45 bits per heavy atom.